The number of hydrogen-bond donors (Lipinski definition) is 2. The molecule has 2 fully saturated rings. The Morgan fingerprint density at radius 2 is 2.04 bits per heavy atom. The third kappa shape index (κ3) is 3.14. The zero-order valence-corrected chi connectivity index (χ0v) is 15.6. The van der Waals surface area contributed by atoms with E-state index in [0.717, 1.165) is 36.1 Å². The van der Waals surface area contributed by atoms with Crippen LogP contribution in [0.2, 0.25) is 0 Å². The summed E-state index contributed by atoms with van der Waals surface area (Å²) in [5, 5.41) is 13.9. The van der Waals surface area contributed by atoms with Crippen molar-refractivity contribution in [1.29, 1.82) is 0 Å². The van der Waals surface area contributed by atoms with Gasteiger partial charge >= 0.3 is 0 Å². The molecule has 1 atom stereocenters. The maximum atomic E-state index is 12.5. The van der Waals surface area contributed by atoms with E-state index in [9.17, 15) is 9.90 Å². The molecule has 1 unspecified atom stereocenters. The van der Waals surface area contributed by atoms with Crippen molar-refractivity contribution >= 4 is 22.6 Å². The van der Waals surface area contributed by atoms with Gasteiger partial charge in [0.2, 0.25) is 0 Å². The molecule has 1 aliphatic carbocycles. The van der Waals surface area contributed by atoms with Crippen LogP contribution >= 0.6 is 0 Å². The summed E-state index contributed by atoms with van der Waals surface area (Å²) in [5.74, 6) is 1.08. The van der Waals surface area contributed by atoms with Crippen molar-refractivity contribution < 1.29 is 9.90 Å². The molecule has 1 amide bonds. The number of anilines is 1. The summed E-state index contributed by atoms with van der Waals surface area (Å²) >= 11 is 0. The fraction of sp³-hybridized carbons (Fsp3) is 0.550. The van der Waals surface area contributed by atoms with Crippen LogP contribution in [0, 0.1) is 5.92 Å². The molecule has 4 rings (SSSR count). The number of aliphatic hydroxyl groups is 1. The first-order valence-electron chi connectivity index (χ1n) is 9.37. The maximum absolute atomic E-state index is 12.5. The second kappa shape index (κ2) is 6.20. The average Bonchev–Trinajstić information content (AvgIpc) is 2.54. The largest absolute Gasteiger partial charge is 0.390 e. The molecule has 1 aliphatic heterocycles. The summed E-state index contributed by atoms with van der Waals surface area (Å²) in [6.07, 6.45) is 6.26. The lowest BCUT2D eigenvalue weighted by Gasteiger charge is -2.42. The van der Waals surface area contributed by atoms with Crippen molar-refractivity contribution in [1.82, 2.24) is 15.3 Å². The summed E-state index contributed by atoms with van der Waals surface area (Å²) in [6.45, 7) is 6.88. The highest BCUT2D eigenvalue weighted by Crippen LogP contribution is 2.36. The topological polar surface area (TPSA) is 78.4 Å². The van der Waals surface area contributed by atoms with Gasteiger partial charge in [0, 0.05) is 42.5 Å². The Morgan fingerprint density at radius 3 is 2.65 bits per heavy atom. The number of carbonyl (C=O) groups excluding carboxylic acids is 1. The van der Waals surface area contributed by atoms with E-state index in [4.69, 9.17) is 0 Å². The smallest absolute Gasteiger partial charge is 0.253 e. The van der Waals surface area contributed by atoms with Crippen molar-refractivity contribution in [3.8, 4) is 0 Å². The van der Waals surface area contributed by atoms with Crippen molar-refractivity contribution in [2.24, 2.45) is 5.92 Å². The third-order valence-electron chi connectivity index (χ3n) is 5.90. The molecule has 6 nitrogen and oxygen atoms in total. The monoisotopic (exact) mass is 354 g/mol. The number of pyridine rings is 2. The Kier molecular flexibility index (Phi) is 4.10. The predicted molar refractivity (Wildman–Crippen MR) is 101 cm³/mol. The summed E-state index contributed by atoms with van der Waals surface area (Å²) in [4.78, 5) is 23.7. The maximum Gasteiger partial charge on any atom is 0.253 e. The fourth-order valence-electron chi connectivity index (χ4n) is 3.73. The van der Waals surface area contributed by atoms with Crippen molar-refractivity contribution in [3.63, 3.8) is 0 Å². The van der Waals surface area contributed by atoms with E-state index < -0.39 is 5.60 Å². The molecule has 0 bridgehead atoms. The average molecular weight is 354 g/mol. The van der Waals surface area contributed by atoms with E-state index >= 15 is 0 Å². The molecule has 138 valence electrons. The summed E-state index contributed by atoms with van der Waals surface area (Å²) in [6, 6.07) is 4.50. The first-order valence-corrected chi connectivity index (χ1v) is 9.37. The predicted octanol–water partition coefficient (Wildman–Crippen LogP) is 2.51. The Bertz CT molecular complexity index is 839. The van der Waals surface area contributed by atoms with Gasteiger partial charge in [-0.1, -0.05) is 0 Å². The highest BCUT2D eigenvalue weighted by molar-refractivity contribution is 5.97. The highest BCUT2D eigenvalue weighted by atomic mass is 16.3. The molecule has 0 radical (unpaired) electrons. The van der Waals surface area contributed by atoms with E-state index in [-0.39, 0.29) is 17.9 Å². The number of nitrogens with zero attached hydrogens (tertiary/aromatic N) is 3. The minimum atomic E-state index is -0.678. The van der Waals surface area contributed by atoms with Gasteiger partial charge in [-0.25, -0.2) is 4.98 Å². The van der Waals surface area contributed by atoms with E-state index in [1.54, 1.807) is 12.4 Å². The molecule has 2 N–H and O–H groups in total. The Morgan fingerprint density at radius 1 is 1.27 bits per heavy atom. The van der Waals surface area contributed by atoms with Gasteiger partial charge in [0.15, 0.2) is 0 Å². The van der Waals surface area contributed by atoms with Gasteiger partial charge in [-0.2, -0.15) is 0 Å². The zero-order chi connectivity index (χ0) is 18.5. The third-order valence-corrected chi connectivity index (χ3v) is 5.90. The van der Waals surface area contributed by atoms with E-state index in [2.05, 4.69) is 27.1 Å². The normalized spacial score (nSPS) is 25.5. The van der Waals surface area contributed by atoms with Gasteiger partial charge in [-0.3, -0.25) is 9.78 Å². The van der Waals surface area contributed by atoms with Gasteiger partial charge in [-0.05, 0) is 52.0 Å². The van der Waals surface area contributed by atoms with Crippen LogP contribution in [-0.4, -0.2) is 45.2 Å². The zero-order valence-electron chi connectivity index (χ0n) is 15.6. The molecular weight excluding hydrogens is 328 g/mol. The van der Waals surface area contributed by atoms with Gasteiger partial charge in [-0.15, -0.1) is 0 Å². The van der Waals surface area contributed by atoms with E-state index in [0.29, 0.717) is 11.6 Å². The van der Waals surface area contributed by atoms with Crippen LogP contribution in [0.4, 0.5) is 5.82 Å². The number of rotatable bonds is 4. The molecule has 1 saturated carbocycles. The molecule has 6 heteroatoms. The molecular formula is C20H26N4O2. The lowest BCUT2D eigenvalue weighted by Crippen LogP contribution is -2.50. The molecule has 2 aromatic rings. The van der Waals surface area contributed by atoms with Gasteiger partial charge in [0.25, 0.3) is 5.91 Å². The van der Waals surface area contributed by atoms with Crippen LogP contribution in [0.15, 0.2) is 24.5 Å². The van der Waals surface area contributed by atoms with Crippen molar-refractivity contribution in [2.75, 3.05) is 11.4 Å². The Labute approximate surface area is 153 Å². The number of hydrogen-bond acceptors (Lipinski definition) is 5. The van der Waals surface area contributed by atoms with Crippen LogP contribution in [0.1, 0.15) is 50.4 Å². The summed E-state index contributed by atoms with van der Waals surface area (Å²) in [7, 11) is 0. The lowest BCUT2D eigenvalue weighted by molar-refractivity contribution is -0.0309. The number of carbonyl (C=O) groups is 1. The van der Waals surface area contributed by atoms with Crippen LogP contribution < -0.4 is 10.2 Å². The molecule has 0 aromatic carbocycles. The lowest BCUT2D eigenvalue weighted by atomic mass is 9.71. The van der Waals surface area contributed by atoms with Gasteiger partial charge in [0.05, 0.1) is 16.7 Å². The Balaban J connectivity index is 1.44. The fourth-order valence-corrected chi connectivity index (χ4v) is 3.73. The molecule has 2 aliphatic rings. The molecule has 2 aromatic heterocycles. The van der Waals surface area contributed by atoms with Crippen LogP contribution in [0.25, 0.3) is 10.9 Å². The van der Waals surface area contributed by atoms with Crippen LogP contribution in [-0.2, 0) is 0 Å². The second-order valence-corrected chi connectivity index (χ2v) is 8.28. The number of fused-ring (bicyclic) bond motifs is 1. The van der Waals surface area contributed by atoms with Crippen molar-refractivity contribution in [3.05, 3.63) is 30.1 Å². The van der Waals surface area contributed by atoms with Crippen LogP contribution in [0.3, 0.4) is 0 Å². The van der Waals surface area contributed by atoms with Crippen molar-refractivity contribution in [2.45, 2.75) is 57.7 Å². The SMILES string of the molecule is CC1CCN1c1cc2ncc(C(=O)NC3CC(C(C)(C)O)C3)cc2cn1. The summed E-state index contributed by atoms with van der Waals surface area (Å²) in [5.41, 5.74) is 0.732. The minimum absolute atomic E-state index is 0.112. The second-order valence-electron chi connectivity index (χ2n) is 8.28. The first-order chi connectivity index (χ1) is 12.3. The van der Waals surface area contributed by atoms with Gasteiger partial charge < -0.3 is 15.3 Å². The molecule has 26 heavy (non-hydrogen) atoms. The number of aromatic nitrogens is 2. The van der Waals surface area contributed by atoms with Crippen LogP contribution in [0.5, 0.6) is 0 Å². The Hall–Kier alpha value is -2.21. The molecule has 0 spiro atoms. The minimum Gasteiger partial charge on any atom is -0.390 e. The quantitative estimate of drug-likeness (QED) is 0.882. The summed E-state index contributed by atoms with van der Waals surface area (Å²) < 4.78 is 0. The highest BCUT2D eigenvalue weighted by Gasteiger charge is 2.39. The first kappa shape index (κ1) is 17.2. The van der Waals surface area contributed by atoms with E-state index in [1.807, 2.05) is 26.0 Å². The van der Waals surface area contributed by atoms with E-state index in [1.165, 1.54) is 6.42 Å². The number of amides is 1. The van der Waals surface area contributed by atoms with Gasteiger partial charge in [0.1, 0.15) is 5.82 Å². The number of nitrogens with one attached hydrogen (secondary N) is 1. The molecule has 1 saturated heterocycles. The standard InChI is InChI=1S/C20H26N4O2/c1-12-4-5-24(12)18-9-17-13(10-22-18)6-14(11-21-17)19(25)23-16-7-15(8-16)20(2,3)26/h6,9-12,15-16,26H,4-5,7-8H2,1-3H3,(H,23,25). The molecule has 3 heterocycles.